The number of thiocarbonyl (C=S) groups is 1. The van der Waals surface area contributed by atoms with E-state index in [9.17, 15) is 0 Å². The summed E-state index contributed by atoms with van der Waals surface area (Å²) in [6.45, 7) is 5.11. The van der Waals surface area contributed by atoms with Gasteiger partial charge in [0.15, 0.2) is 0 Å². The first kappa shape index (κ1) is 8.85. The van der Waals surface area contributed by atoms with E-state index in [2.05, 4.69) is 19.2 Å². The monoisotopic (exact) mass is 146 g/mol. The Labute approximate surface area is 61.8 Å². The van der Waals surface area contributed by atoms with Crippen molar-refractivity contribution in [2.45, 2.75) is 26.3 Å². The van der Waals surface area contributed by atoms with Crippen LogP contribution in [0.1, 0.15) is 20.3 Å². The van der Waals surface area contributed by atoms with Crippen LogP contribution in [-0.2, 0) is 0 Å². The maximum absolute atomic E-state index is 5.32. The van der Waals surface area contributed by atoms with Gasteiger partial charge in [0.1, 0.15) is 0 Å². The van der Waals surface area contributed by atoms with Crippen LogP contribution in [0.15, 0.2) is 0 Å². The first-order valence-corrected chi connectivity index (χ1v) is 3.59. The Morgan fingerprint density at radius 1 is 1.78 bits per heavy atom. The van der Waals surface area contributed by atoms with Gasteiger partial charge >= 0.3 is 0 Å². The fourth-order valence-electron chi connectivity index (χ4n) is 0.722. The molecule has 0 aliphatic heterocycles. The summed E-state index contributed by atoms with van der Waals surface area (Å²) in [7, 11) is 0. The molecular weight excluding hydrogens is 132 g/mol. The molecule has 0 saturated heterocycles. The molecule has 0 rings (SSSR count). The maximum Gasteiger partial charge on any atom is 0.0742 e. The third kappa shape index (κ3) is 5.73. The van der Waals surface area contributed by atoms with Gasteiger partial charge in [-0.1, -0.05) is 19.1 Å². The Morgan fingerprint density at radius 2 is 2.33 bits per heavy atom. The summed E-state index contributed by atoms with van der Waals surface area (Å²) in [6, 6.07) is 0.424. The molecule has 0 aromatic rings. The molecule has 1 atom stereocenters. The standard InChI is InChI=1S/C6H14N2S/c1-3-8-5(2)4-6(7)9/h5,8H,3-4H2,1-2H3,(H2,7,9). The minimum absolute atomic E-state index is 0.424. The number of nitrogens with one attached hydrogen (secondary N) is 1. The summed E-state index contributed by atoms with van der Waals surface area (Å²) >= 11 is 4.72. The molecule has 0 aliphatic carbocycles. The quantitative estimate of drug-likeness (QED) is 0.572. The van der Waals surface area contributed by atoms with E-state index >= 15 is 0 Å². The van der Waals surface area contributed by atoms with Crippen molar-refractivity contribution in [2.75, 3.05) is 6.54 Å². The minimum Gasteiger partial charge on any atom is -0.393 e. The van der Waals surface area contributed by atoms with Crippen LogP contribution in [0.3, 0.4) is 0 Å². The molecule has 0 bridgehead atoms. The summed E-state index contributed by atoms with van der Waals surface area (Å²) in [5, 5.41) is 3.21. The van der Waals surface area contributed by atoms with Crippen LogP contribution >= 0.6 is 12.2 Å². The predicted molar refractivity (Wildman–Crippen MR) is 44.5 cm³/mol. The van der Waals surface area contributed by atoms with Gasteiger partial charge < -0.3 is 11.1 Å². The van der Waals surface area contributed by atoms with Crippen LogP contribution < -0.4 is 11.1 Å². The molecule has 0 spiro atoms. The lowest BCUT2D eigenvalue weighted by atomic mass is 10.2. The first-order valence-electron chi connectivity index (χ1n) is 3.18. The normalized spacial score (nSPS) is 13.1. The van der Waals surface area contributed by atoms with Crippen molar-refractivity contribution in [1.29, 1.82) is 0 Å². The van der Waals surface area contributed by atoms with Crippen molar-refractivity contribution in [2.24, 2.45) is 5.73 Å². The summed E-state index contributed by atoms with van der Waals surface area (Å²) in [4.78, 5) is 0.587. The molecule has 0 amide bonds. The fourth-order valence-corrected chi connectivity index (χ4v) is 0.972. The molecule has 1 unspecified atom stereocenters. The Kier molecular flexibility index (Phi) is 4.62. The lowest BCUT2D eigenvalue weighted by Gasteiger charge is -2.09. The highest BCUT2D eigenvalue weighted by molar-refractivity contribution is 7.80. The largest absolute Gasteiger partial charge is 0.393 e. The Bertz CT molecular complexity index is 93.1. The van der Waals surface area contributed by atoms with E-state index in [0.29, 0.717) is 11.0 Å². The molecule has 2 nitrogen and oxygen atoms in total. The number of nitrogens with two attached hydrogens (primary N) is 1. The second-order valence-electron chi connectivity index (χ2n) is 2.13. The van der Waals surface area contributed by atoms with Crippen LogP contribution in [0.2, 0.25) is 0 Å². The molecular formula is C6H14N2S. The van der Waals surface area contributed by atoms with E-state index in [-0.39, 0.29) is 0 Å². The van der Waals surface area contributed by atoms with Crippen molar-refractivity contribution in [1.82, 2.24) is 5.32 Å². The van der Waals surface area contributed by atoms with Gasteiger partial charge in [-0.3, -0.25) is 0 Å². The summed E-state index contributed by atoms with van der Waals surface area (Å²) < 4.78 is 0. The molecule has 0 aliphatic rings. The number of hydrogen-bond acceptors (Lipinski definition) is 2. The third-order valence-corrected chi connectivity index (χ3v) is 1.23. The minimum atomic E-state index is 0.424. The van der Waals surface area contributed by atoms with Crippen molar-refractivity contribution in [3.05, 3.63) is 0 Å². The van der Waals surface area contributed by atoms with Crippen molar-refractivity contribution in [3.63, 3.8) is 0 Å². The van der Waals surface area contributed by atoms with Crippen LogP contribution in [0.4, 0.5) is 0 Å². The van der Waals surface area contributed by atoms with Gasteiger partial charge in [-0.25, -0.2) is 0 Å². The molecule has 0 aromatic heterocycles. The third-order valence-electron chi connectivity index (χ3n) is 1.06. The van der Waals surface area contributed by atoms with Gasteiger partial charge in [0.2, 0.25) is 0 Å². The summed E-state index contributed by atoms with van der Waals surface area (Å²) in [5.74, 6) is 0. The average molecular weight is 146 g/mol. The topological polar surface area (TPSA) is 38.0 Å². The lowest BCUT2D eigenvalue weighted by molar-refractivity contribution is 0.586. The molecule has 0 radical (unpaired) electrons. The molecule has 0 fully saturated rings. The van der Waals surface area contributed by atoms with Gasteiger partial charge in [0.25, 0.3) is 0 Å². The van der Waals surface area contributed by atoms with Crippen LogP contribution in [-0.4, -0.2) is 17.6 Å². The van der Waals surface area contributed by atoms with Crippen molar-refractivity contribution >= 4 is 17.2 Å². The number of hydrogen-bond donors (Lipinski definition) is 2. The molecule has 0 aromatic carbocycles. The molecule has 0 saturated carbocycles. The summed E-state index contributed by atoms with van der Waals surface area (Å²) in [5.41, 5.74) is 5.32. The van der Waals surface area contributed by atoms with E-state index in [0.717, 1.165) is 13.0 Å². The average Bonchev–Trinajstić information content (AvgIpc) is 1.63. The van der Waals surface area contributed by atoms with Crippen LogP contribution in [0.5, 0.6) is 0 Å². The van der Waals surface area contributed by atoms with Gasteiger partial charge in [0.05, 0.1) is 4.99 Å². The van der Waals surface area contributed by atoms with Crippen molar-refractivity contribution < 1.29 is 0 Å². The SMILES string of the molecule is CCNC(C)CC(N)=S. The zero-order valence-corrected chi connectivity index (χ0v) is 6.79. The molecule has 0 heterocycles. The van der Waals surface area contributed by atoms with E-state index < -0.39 is 0 Å². The first-order chi connectivity index (χ1) is 4.16. The summed E-state index contributed by atoms with van der Waals surface area (Å²) in [6.07, 6.45) is 0.795. The van der Waals surface area contributed by atoms with Crippen molar-refractivity contribution in [3.8, 4) is 0 Å². The zero-order chi connectivity index (χ0) is 7.28. The molecule has 3 heteroatoms. The lowest BCUT2D eigenvalue weighted by Crippen LogP contribution is -2.29. The van der Waals surface area contributed by atoms with Gasteiger partial charge in [-0.2, -0.15) is 0 Å². The highest BCUT2D eigenvalue weighted by Crippen LogP contribution is 1.88. The molecule has 9 heavy (non-hydrogen) atoms. The van der Waals surface area contributed by atoms with E-state index in [1.54, 1.807) is 0 Å². The Morgan fingerprint density at radius 3 is 2.67 bits per heavy atom. The second kappa shape index (κ2) is 4.70. The smallest absolute Gasteiger partial charge is 0.0742 e. The van der Waals surface area contributed by atoms with E-state index in [1.165, 1.54) is 0 Å². The zero-order valence-electron chi connectivity index (χ0n) is 5.98. The molecule has 3 N–H and O–H groups in total. The maximum atomic E-state index is 5.32. The number of rotatable bonds is 4. The van der Waals surface area contributed by atoms with Gasteiger partial charge in [-0.15, -0.1) is 0 Å². The van der Waals surface area contributed by atoms with Crippen LogP contribution in [0.25, 0.3) is 0 Å². The highest BCUT2D eigenvalue weighted by atomic mass is 32.1. The predicted octanol–water partition coefficient (Wildman–Crippen LogP) is 0.661. The van der Waals surface area contributed by atoms with Gasteiger partial charge in [0, 0.05) is 12.5 Å². The second-order valence-corrected chi connectivity index (χ2v) is 2.65. The highest BCUT2D eigenvalue weighted by Gasteiger charge is 1.98. The van der Waals surface area contributed by atoms with E-state index in [1.807, 2.05) is 0 Å². The molecule has 54 valence electrons. The Balaban J connectivity index is 3.26. The van der Waals surface area contributed by atoms with Gasteiger partial charge in [-0.05, 0) is 13.5 Å². The fraction of sp³-hybridized carbons (Fsp3) is 0.833. The van der Waals surface area contributed by atoms with Crippen LogP contribution in [0, 0.1) is 0 Å². The van der Waals surface area contributed by atoms with E-state index in [4.69, 9.17) is 18.0 Å². The Hall–Kier alpha value is -0.150.